The highest BCUT2D eigenvalue weighted by atomic mass is 79.9. The number of para-hydroxylation sites is 2. The summed E-state index contributed by atoms with van der Waals surface area (Å²) in [6.07, 6.45) is -0.994. The first-order valence-electron chi connectivity index (χ1n) is 9.17. The van der Waals surface area contributed by atoms with Crippen molar-refractivity contribution in [1.29, 1.82) is 0 Å². The molecule has 1 aliphatic heterocycles. The van der Waals surface area contributed by atoms with Crippen molar-refractivity contribution in [1.82, 2.24) is 4.31 Å². The van der Waals surface area contributed by atoms with Gasteiger partial charge in [-0.15, -0.1) is 0 Å². The molecule has 2 aromatic rings. The molecule has 1 aliphatic rings. The van der Waals surface area contributed by atoms with Crippen LogP contribution in [0.5, 0.6) is 5.75 Å². The van der Waals surface area contributed by atoms with Crippen LogP contribution in [0, 0.1) is 0 Å². The van der Waals surface area contributed by atoms with Gasteiger partial charge in [0.2, 0.25) is 22.0 Å². The molecule has 3 rings (SSSR count). The molecule has 0 unspecified atom stereocenters. The van der Waals surface area contributed by atoms with Crippen molar-refractivity contribution in [2.24, 2.45) is 0 Å². The first-order valence-corrected chi connectivity index (χ1v) is 11.4. The molecule has 0 aliphatic carbocycles. The van der Waals surface area contributed by atoms with Gasteiger partial charge < -0.3 is 14.4 Å². The molecule has 10 heteroatoms. The minimum absolute atomic E-state index is 0.0710. The van der Waals surface area contributed by atoms with Gasteiger partial charge in [-0.1, -0.05) is 35.0 Å². The van der Waals surface area contributed by atoms with Gasteiger partial charge in [-0.3, -0.25) is 4.79 Å². The third kappa shape index (κ3) is 4.50. The molecule has 1 amide bonds. The molecule has 0 N–H and O–H groups in total. The van der Waals surface area contributed by atoms with Gasteiger partial charge in [0, 0.05) is 11.0 Å². The van der Waals surface area contributed by atoms with Gasteiger partial charge in [0.05, 0.1) is 30.8 Å². The predicted molar refractivity (Wildman–Crippen MR) is 114 cm³/mol. The number of hydrogen-bond donors (Lipinski definition) is 0. The summed E-state index contributed by atoms with van der Waals surface area (Å²) in [7, 11) is -2.63. The normalized spacial score (nSPS) is 16.0. The van der Waals surface area contributed by atoms with Crippen LogP contribution in [0.4, 0.5) is 5.69 Å². The third-order valence-corrected chi connectivity index (χ3v) is 7.12. The number of amides is 1. The molecule has 0 fully saturated rings. The molecule has 0 saturated carbocycles. The number of esters is 1. The summed E-state index contributed by atoms with van der Waals surface area (Å²) in [6.45, 7) is 1.32. The second-order valence-corrected chi connectivity index (χ2v) is 9.34. The molecular weight excluding hydrogens is 476 g/mol. The van der Waals surface area contributed by atoms with Crippen LogP contribution in [-0.4, -0.2) is 57.4 Å². The highest BCUT2D eigenvalue weighted by Crippen LogP contribution is 2.33. The van der Waals surface area contributed by atoms with Crippen LogP contribution in [0.2, 0.25) is 0 Å². The number of sulfonamides is 1. The molecule has 0 saturated heterocycles. The third-order valence-electron chi connectivity index (χ3n) is 4.65. The first-order chi connectivity index (χ1) is 14.3. The Kier molecular flexibility index (Phi) is 6.79. The van der Waals surface area contributed by atoms with Crippen molar-refractivity contribution >= 4 is 43.5 Å². The lowest BCUT2D eigenvalue weighted by Gasteiger charge is -2.34. The lowest BCUT2D eigenvalue weighted by molar-refractivity contribution is -0.148. The minimum atomic E-state index is -3.87. The van der Waals surface area contributed by atoms with E-state index >= 15 is 0 Å². The van der Waals surface area contributed by atoms with E-state index < -0.39 is 28.0 Å². The van der Waals surface area contributed by atoms with Gasteiger partial charge in [0.25, 0.3) is 0 Å². The number of rotatable bonds is 6. The van der Waals surface area contributed by atoms with E-state index in [1.165, 1.54) is 24.1 Å². The van der Waals surface area contributed by atoms with Crippen LogP contribution in [0.25, 0.3) is 0 Å². The predicted octanol–water partition coefficient (Wildman–Crippen LogP) is 2.43. The Labute approximate surface area is 183 Å². The van der Waals surface area contributed by atoms with E-state index in [1.807, 2.05) is 0 Å². The largest absolute Gasteiger partial charge is 0.475 e. The smallest absolute Gasteiger partial charge is 0.348 e. The summed E-state index contributed by atoms with van der Waals surface area (Å²) in [5.74, 6) is -0.731. The quantitative estimate of drug-likeness (QED) is 0.570. The van der Waals surface area contributed by atoms with Gasteiger partial charge in [-0.05, 0) is 36.4 Å². The van der Waals surface area contributed by atoms with Crippen LogP contribution < -0.4 is 9.64 Å². The number of hydrogen-bond acceptors (Lipinski definition) is 6. The Morgan fingerprint density at radius 2 is 1.87 bits per heavy atom. The molecule has 0 spiro atoms. The van der Waals surface area contributed by atoms with Crippen LogP contribution in [0.1, 0.15) is 6.92 Å². The van der Waals surface area contributed by atoms with E-state index in [0.717, 1.165) is 8.78 Å². The van der Waals surface area contributed by atoms with Gasteiger partial charge in [0.1, 0.15) is 5.75 Å². The molecular formula is C20H21BrN2O6S. The number of benzene rings is 2. The molecule has 0 bridgehead atoms. The lowest BCUT2D eigenvalue weighted by Crippen LogP contribution is -2.50. The Hall–Kier alpha value is -2.43. The number of fused-ring (bicyclic) bond motifs is 1. The van der Waals surface area contributed by atoms with Crippen LogP contribution in [-0.2, 0) is 24.3 Å². The molecule has 0 aromatic heterocycles. The Morgan fingerprint density at radius 3 is 2.50 bits per heavy atom. The molecule has 2 aromatic carbocycles. The first kappa shape index (κ1) is 22.3. The monoisotopic (exact) mass is 496 g/mol. The van der Waals surface area contributed by atoms with Crippen molar-refractivity contribution < 1.29 is 27.5 Å². The number of carbonyl (C=O) groups excluding carboxylic acids is 2. The molecule has 1 heterocycles. The summed E-state index contributed by atoms with van der Waals surface area (Å²) >= 11 is 3.28. The summed E-state index contributed by atoms with van der Waals surface area (Å²) < 4.78 is 38.2. The van der Waals surface area contributed by atoms with Crippen molar-refractivity contribution in [2.75, 3.05) is 31.6 Å². The van der Waals surface area contributed by atoms with E-state index in [4.69, 9.17) is 9.47 Å². The highest BCUT2D eigenvalue weighted by Gasteiger charge is 2.36. The summed E-state index contributed by atoms with van der Waals surface area (Å²) in [5, 5.41) is 0. The fraction of sp³-hybridized carbons (Fsp3) is 0.300. The van der Waals surface area contributed by atoms with E-state index in [0.29, 0.717) is 11.4 Å². The Bertz CT molecular complexity index is 1040. The van der Waals surface area contributed by atoms with Gasteiger partial charge in [0.15, 0.2) is 0 Å². The Morgan fingerprint density at radius 1 is 1.20 bits per heavy atom. The standard InChI is InChI=1S/C20H21BrN2O6S/c1-3-22(30(26,27)15-10-8-14(21)9-11-15)13-19(24)23-12-18(20(25)28-2)29-17-7-5-4-6-16(17)23/h4-11,18H,3,12-13H2,1-2H3/t18-/m1/s1. The van der Waals surface area contributed by atoms with E-state index in [1.54, 1.807) is 43.3 Å². The molecule has 0 radical (unpaired) electrons. The average Bonchev–Trinajstić information content (AvgIpc) is 2.76. The van der Waals surface area contributed by atoms with Crippen molar-refractivity contribution in [2.45, 2.75) is 17.9 Å². The maximum atomic E-state index is 13.1. The highest BCUT2D eigenvalue weighted by molar-refractivity contribution is 9.10. The second kappa shape index (κ2) is 9.15. The lowest BCUT2D eigenvalue weighted by atomic mass is 10.2. The SMILES string of the molecule is CCN(CC(=O)N1C[C@H](C(=O)OC)Oc2ccccc21)S(=O)(=O)c1ccc(Br)cc1. The number of nitrogens with zero attached hydrogens (tertiary/aromatic N) is 2. The number of carbonyl (C=O) groups is 2. The topological polar surface area (TPSA) is 93.2 Å². The minimum Gasteiger partial charge on any atom is -0.475 e. The zero-order chi connectivity index (χ0) is 21.9. The number of anilines is 1. The van der Waals surface area contributed by atoms with Crippen LogP contribution in [0.15, 0.2) is 57.9 Å². The number of methoxy groups -OCH3 is 1. The molecule has 1 atom stereocenters. The molecule has 160 valence electrons. The average molecular weight is 497 g/mol. The summed E-state index contributed by atoms with van der Waals surface area (Å²) in [5.41, 5.74) is 0.472. The zero-order valence-corrected chi connectivity index (χ0v) is 18.9. The van der Waals surface area contributed by atoms with Gasteiger partial charge in [-0.2, -0.15) is 4.31 Å². The number of likely N-dealkylation sites (N-methyl/N-ethyl adjacent to an activating group) is 1. The summed E-state index contributed by atoms with van der Waals surface area (Å²) in [4.78, 5) is 26.6. The van der Waals surface area contributed by atoms with E-state index in [9.17, 15) is 18.0 Å². The number of halogens is 1. The maximum Gasteiger partial charge on any atom is 0.348 e. The van der Waals surface area contributed by atoms with Gasteiger partial charge >= 0.3 is 5.97 Å². The fourth-order valence-electron chi connectivity index (χ4n) is 3.08. The second-order valence-electron chi connectivity index (χ2n) is 6.49. The van der Waals surface area contributed by atoms with Crippen LogP contribution >= 0.6 is 15.9 Å². The van der Waals surface area contributed by atoms with Crippen molar-refractivity contribution in [3.05, 3.63) is 53.0 Å². The fourth-order valence-corrected chi connectivity index (χ4v) is 4.75. The Balaban J connectivity index is 1.87. The van der Waals surface area contributed by atoms with Crippen LogP contribution in [0.3, 0.4) is 0 Å². The molecule has 30 heavy (non-hydrogen) atoms. The zero-order valence-electron chi connectivity index (χ0n) is 16.4. The summed E-state index contributed by atoms with van der Waals surface area (Å²) in [6, 6.07) is 13.0. The van der Waals surface area contributed by atoms with E-state index in [2.05, 4.69) is 15.9 Å². The van der Waals surface area contributed by atoms with Crippen molar-refractivity contribution in [3.63, 3.8) is 0 Å². The number of ether oxygens (including phenoxy) is 2. The van der Waals surface area contributed by atoms with Crippen molar-refractivity contribution in [3.8, 4) is 5.75 Å². The molecule has 8 nitrogen and oxygen atoms in total. The van der Waals surface area contributed by atoms with E-state index in [-0.39, 0.29) is 24.5 Å². The van der Waals surface area contributed by atoms with Gasteiger partial charge in [-0.25, -0.2) is 13.2 Å². The maximum absolute atomic E-state index is 13.1.